The summed E-state index contributed by atoms with van der Waals surface area (Å²) in [6.07, 6.45) is 0. The van der Waals surface area contributed by atoms with Gasteiger partial charge in [0.2, 0.25) is 0 Å². The van der Waals surface area contributed by atoms with E-state index in [9.17, 15) is 0 Å². The fraction of sp³-hybridized carbons (Fsp3) is 1.00. The molecule has 0 rings (SSSR count). The van der Waals surface area contributed by atoms with Crippen molar-refractivity contribution in [2.24, 2.45) is 0 Å². The molecule has 0 saturated heterocycles. The summed E-state index contributed by atoms with van der Waals surface area (Å²) in [4.78, 5) is 0. The Morgan fingerprint density at radius 2 is 1.33 bits per heavy atom. The van der Waals surface area contributed by atoms with E-state index in [2.05, 4.69) is 25.1 Å². The zero-order valence-corrected chi connectivity index (χ0v) is 7.97. The average molecular weight is 289 g/mol. The van der Waals surface area contributed by atoms with E-state index >= 15 is 0 Å². The molecule has 0 aliphatic rings. The Balaban J connectivity index is 3.17. The van der Waals surface area contributed by atoms with Crippen LogP contribution in [0.25, 0.3) is 0 Å². The molecular formula is C4H13AuP. The van der Waals surface area contributed by atoms with Crippen LogP contribution in [-0.2, 0) is 19.2 Å². The third-order valence-corrected chi connectivity index (χ3v) is 11.1. The minimum absolute atomic E-state index is 0.534. The molecule has 0 unspecified atom stereocenters. The molecule has 0 saturated carbocycles. The van der Waals surface area contributed by atoms with Crippen LogP contribution in [0.2, 0.25) is 5.14 Å². The molecule has 0 fully saturated rings. The van der Waals surface area contributed by atoms with E-state index in [0.717, 1.165) is 0 Å². The van der Waals surface area contributed by atoms with Gasteiger partial charge >= 0.3 is 49.5 Å². The van der Waals surface area contributed by atoms with Gasteiger partial charge in [0.25, 0.3) is 0 Å². The van der Waals surface area contributed by atoms with Crippen LogP contribution in [0.15, 0.2) is 0 Å². The zero-order chi connectivity index (χ0) is 5.21. The van der Waals surface area contributed by atoms with Crippen LogP contribution >= 0.6 is 5.15 Å². The first-order valence-electron chi connectivity index (χ1n) is 1.95. The summed E-state index contributed by atoms with van der Waals surface area (Å²) in [6, 6.07) is 0. The van der Waals surface area contributed by atoms with Crippen molar-refractivity contribution in [3.63, 3.8) is 0 Å². The predicted octanol–water partition coefficient (Wildman–Crippen LogP) is 1.67. The Hall–Kier alpha value is 1.17. The van der Waals surface area contributed by atoms with Gasteiger partial charge in [-0.25, -0.2) is 0 Å². The normalized spacial score (nSPS) is 15.3. The van der Waals surface area contributed by atoms with Crippen molar-refractivity contribution in [2.45, 2.75) is 5.14 Å². The van der Waals surface area contributed by atoms with E-state index in [1.165, 1.54) is 0 Å². The van der Waals surface area contributed by atoms with E-state index < -0.39 is 5.15 Å². The second kappa shape index (κ2) is 2.47. The quantitative estimate of drug-likeness (QED) is 0.509. The molecule has 0 bridgehead atoms. The Labute approximate surface area is 49.8 Å². The topological polar surface area (TPSA) is 0 Å². The van der Waals surface area contributed by atoms with E-state index in [0.29, 0.717) is 19.2 Å². The monoisotopic (exact) mass is 289 g/mol. The van der Waals surface area contributed by atoms with Crippen molar-refractivity contribution in [3.05, 3.63) is 0 Å². The van der Waals surface area contributed by atoms with Crippen LogP contribution in [0, 0.1) is 0 Å². The second-order valence-corrected chi connectivity index (χ2v) is 19.3. The summed E-state index contributed by atoms with van der Waals surface area (Å²) in [5.41, 5.74) is 0. The average Bonchev–Trinajstić information content (AvgIpc) is 1.35. The minimum atomic E-state index is -0.534. The summed E-state index contributed by atoms with van der Waals surface area (Å²) in [5, 5.41) is 1.83. The van der Waals surface area contributed by atoms with E-state index in [-0.39, 0.29) is 0 Å². The summed E-state index contributed by atoms with van der Waals surface area (Å²) in [5.74, 6) is 0. The third kappa shape index (κ3) is 5.17. The summed E-state index contributed by atoms with van der Waals surface area (Å²) >= 11 is 0.697. The number of hydrogen-bond donors (Lipinski definition) is 0. The second-order valence-electron chi connectivity index (χ2n) is 2.10. The molecule has 0 radical (unpaired) electrons. The van der Waals surface area contributed by atoms with Crippen LogP contribution in [-0.4, -0.2) is 20.0 Å². The third-order valence-electron chi connectivity index (χ3n) is 0.452. The fourth-order valence-corrected chi connectivity index (χ4v) is 0. The van der Waals surface area contributed by atoms with E-state index in [4.69, 9.17) is 0 Å². The van der Waals surface area contributed by atoms with Crippen LogP contribution in [0.3, 0.4) is 0 Å². The Kier molecular flexibility index (Phi) is 2.95. The molecule has 0 amide bonds. The van der Waals surface area contributed by atoms with Gasteiger partial charge in [0.05, 0.1) is 0 Å². The fourth-order valence-electron chi connectivity index (χ4n) is 0. The van der Waals surface area contributed by atoms with Crippen molar-refractivity contribution in [3.8, 4) is 0 Å². The van der Waals surface area contributed by atoms with Crippen LogP contribution in [0.4, 0.5) is 0 Å². The zero-order valence-electron chi connectivity index (χ0n) is 4.80. The molecule has 0 atom stereocenters. The SMILES string of the molecule is [CH3][Au][PH](C)(C)C. The molecule has 2 heteroatoms. The molecule has 0 spiro atoms. The van der Waals surface area contributed by atoms with Gasteiger partial charge in [-0.3, -0.25) is 0 Å². The van der Waals surface area contributed by atoms with Crippen molar-refractivity contribution in [1.82, 2.24) is 0 Å². The van der Waals surface area contributed by atoms with Gasteiger partial charge in [-0.15, -0.1) is 0 Å². The van der Waals surface area contributed by atoms with Gasteiger partial charge in [0.1, 0.15) is 0 Å². The molecule has 0 aliphatic carbocycles. The molecule has 45 valence electrons. The first-order chi connectivity index (χ1) is 2.56. The van der Waals surface area contributed by atoms with Gasteiger partial charge in [0.15, 0.2) is 0 Å². The standard InChI is InChI=1S/C3H9P.CH3.Au/c1-4(2)3;;/h1-3H3;1H3;/q;;-1/p+1. The van der Waals surface area contributed by atoms with Crippen molar-refractivity contribution in [1.29, 1.82) is 0 Å². The molecule has 0 aromatic carbocycles. The van der Waals surface area contributed by atoms with Gasteiger partial charge < -0.3 is 0 Å². The van der Waals surface area contributed by atoms with Gasteiger partial charge in [-0.05, 0) is 0 Å². The van der Waals surface area contributed by atoms with Crippen LogP contribution < -0.4 is 0 Å². The molecule has 0 nitrogen and oxygen atoms in total. The Bertz CT molecular complexity index is 37.3. The summed E-state index contributed by atoms with van der Waals surface area (Å²) < 4.78 is 0. The summed E-state index contributed by atoms with van der Waals surface area (Å²) in [6.45, 7) is 7.28. The Morgan fingerprint density at radius 1 is 1.17 bits per heavy atom. The molecule has 0 aromatic rings. The van der Waals surface area contributed by atoms with Crippen molar-refractivity contribution in [2.75, 3.05) is 20.0 Å². The van der Waals surface area contributed by atoms with Crippen molar-refractivity contribution < 1.29 is 19.2 Å². The number of rotatable bonds is 1. The summed E-state index contributed by atoms with van der Waals surface area (Å²) in [7, 11) is 0. The molecule has 0 heterocycles. The molecule has 0 N–H and O–H groups in total. The molecule has 0 aromatic heterocycles. The Morgan fingerprint density at radius 3 is 1.33 bits per heavy atom. The van der Waals surface area contributed by atoms with E-state index in [1.54, 1.807) is 0 Å². The number of hydrogen-bond acceptors (Lipinski definition) is 0. The van der Waals surface area contributed by atoms with Gasteiger partial charge in [-0.2, -0.15) is 0 Å². The van der Waals surface area contributed by atoms with Gasteiger partial charge in [-0.1, -0.05) is 0 Å². The van der Waals surface area contributed by atoms with E-state index in [1.807, 2.05) is 0 Å². The maximum atomic E-state index is 2.43. The molecular weight excluding hydrogens is 276 g/mol. The first-order valence-corrected chi connectivity index (χ1v) is 10.7. The van der Waals surface area contributed by atoms with Crippen LogP contribution in [0.5, 0.6) is 0 Å². The van der Waals surface area contributed by atoms with Gasteiger partial charge in [0, 0.05) is 0 Å². The predicted molar refractivity (Wildman–Crippen MR) is 32.0 cm³/mol. The van der Waals surface area contributed by atoms with Crippen LogP contribution in [0.1, 0.15) is 0 Å². The molecule has 6 heavy (non-hydrogen) atoms. The molecule has 0 aliphatic heterocycles. The first kappa shape index (κ1) is 7.17. The van der Waals surface area contributed by atoms with Crippen molar-refractivity contribution >= 4 is 5.15 Å². The maximum absolute atomic E-state index is 2.43.